The van der Waals surface area contributed by atoms with Crippen LogP contribution < -0.4 is 4.90 Å². The van der Waals surface area contributed by atoms with Gasteiger partial charge in [0.05, 0.1) is 17.5 Å². The van der Waals surface area contributed by atoms with Crippen molar-refractivity contribution in [1.82, 2.24) is 25.1 Å². The predicted molar refractivity (Wildman–Crippen MR) is 104 cm³/mol. The molecule has 30 heavy (non-hydrogen) atoms. The quantitative estimate of drug-likeness (QED) is 0.682. The maximum atomic E-state index is 12.8. The monoisotopic (exact) mass is 415 g/mol. The minimum absolute atomic E-state index is 0.0933. The molecule has 1 aliphatic heterocycles. The summed E-state index contributed by atoms with van der Waals surface area (Å²) in [5, 5.41) is 16.1. The third kappa shape index (κ3) is 4.02. The van der Waals surface area contributed by atoms with Crippen LogP contribution in [-0.4, -0.2) is 50.7 Å². The average Bonchev–Trinajstić information content (AvgIpc) is 3.36. The molecule has 1 fully saturated rings. The molecule has 1 atom stereocenters. The van der Waals surface area contributed by atoms with Crippen LogP contribution in [0, 0.1) is 11.3 Å². The standard InChI is InChI=1S/C20H20F3N7/c1-13-11-29(4-5-30(13)18-3-2-16(10-26-18)20(21,22)23)12-15-9-27-28-19(15)14-6-17(7-24)25-8-14/h2-3,6,8-10,13,25H,4-5,11-12H2,1H3,(H,27,28). The molecule has 0 saturated carbocycles. The number of halogens is 3. The highest BCUT2D eigenvalue weighted by Gasteiger charge is 2.31. The van der Waals surface area contributed by atoms with E-state index in [1.54, 1.807) is 18.5 Å². The fourth-order valence-electron chi connectivity index (χ4n) is 3.77. The van der Waals surface area contributed by atoms with Crippen LogP contribution in [0.3, 0.4) is 0 Å². The van der Waals surface area contributed by atoms with E-state index in [9.17, 15) is 13.2 Å². The maximum Gasteiger partial charge on any atom is 0.417 e. The van der Waals surface area contributed by atoms with Gasteiger partial charge in [0.25, 0.3) is 0 Å². The number of hydrogen-bond donors (Lipinski definition) is 2. The molecule has 0 bridgehead atoms. The molecule has 0 amide bonds. The number of H-pyrrole nitrogens is 2. The van der Waals surface area contributed by atoms with Gasteiger partial charge in [-0.05, 0) is 25.1 Å². The molecule has 3 aromatic rings. The van der Waals surface area contributed by atoms with Crippen molar-refractivity contribution in [3.05, 3.63) is 53.6 Å². The van der Waals surface area contributed by atoms with Crippen molar-refractivity contribution >= 4 is 5.82 Å². The third-order valence-electron chi connectivity index (χ3n) is 5.29. The maximum absolute atomic E-state index is 12.8. The van der Waals surface area contributed by atoms with E-state index in [4.69, 9.17) is 5.26 Å². The van der Waals surface area contributed by atoms with E-state index in [2.05, 4.69) is 31.1 Å². The van der Waals surface area contributed by atoms with Crippen molar-refractivity contribution in [2.45, 2.75) is 25.7 Å². The summed E-state index contributed by atoms with van der Waals surface area (Å²) < 4.78 is 38.3. The number of pyridine rings is 1. The molecule has 1 unspecified atom stereocenters. The van der Waals surface area contributed by atoms with Gasteiger partial charge in [-0.1, -0.05) is 0 Å². The molecular weight excluding hydrogens is 395 g/mol. The summed E-state index contributed by atoms with van der Waals surface area (Å²) >= 11 is 0. The normalized spacial score (nSPS) is 17.8. The van der Waals surface area contributed by atoms with Crippen molar-refractivity contribution < 1.29 is 13.2 Å². The van der Waals surface area contributed by atoms with E-state index in [-0.39, 0.29) is 6.04 Å². The second-order valence-corrected chi connectivity index (χ2v) is 7.36. The summed E-state index contributed by atoms with van der Waals surface area (Å²) in [4.78, 5) is 11.2. The lowest BCUT2D eigenvalue weighted by atomic mass is 10.1. The second-order valence-electron chi connectivity index (χ2n) is 7.36. The van der Waals surface area contributed by atoms with Gasteiger partial charge >= 0.3 is 6.18 Å². The number of rotatable bonds is 4. The fraction of sp³-hybridized carbons (Fsp3) is 0.350. The fourth-order valence-corrected chi connectivity index (χ4v) is 3.77. The number of nitrogens with zero attached hydrogens (tertiary/aromatic N) is 5. The SMILES string of the molecule is CC1CN(Cc2cn[nH]c2-c2c[nH]c(C#N)c2)CCN1c1ccc(C(F)(F)F)cn1. The highest BCUT2D eigenvalue weighted by atomic mass is 19.4. The first-order valence-corrected chi connectivity index (χ1v) is 9.48. The van der Waals surface area contributed by atoms with Crippen LogP contribution in [0.5, 0.6) is 0 Å². The van der Waals surface area contributed by atoms with E-state index in [1.165, 1.54) is 6.07 Å². The van der Waals surface area contributed by atoms with Gasteiger partial charge in [-0.15, -0.1) is 0 Å². The Hall–Kier alpha value is -3.32. The molecule has 3 aromatic heterocycles. The van der Waals surface area contributed by atoms with Crippen molar-refractivity contribution in [1.29, 1.82) is 5.26 Å². The molecule has 1 aliphatic rings. The molecule has 0 spiro atoms. The molecule has 0 aromatic carbocycles. The van der Waals surface area contributed by atoms with Crippen molar-refractivity contribution in [3.8, 4) is 17.3 Å². The number of alkyl halides is 3. The smallest absolute Gasteiger partial charge is 0.352 e. The van der Waals surface area contributed by atoms with Crippen LogP contribution in [0.15, 0.2) is 36.8 Å². The lowest BCUT2D eigenvalue weighted by Gasteiger charge is -2.40. The lowest BCUT2D eigenvalue weighted by molar-refractivity contribution is -0.137. The Morgan fingerprint density at radius 1 is 1.27 bits per heavy atom. The number of nitriles is 1. The number of anilines is 1. The average molecular weight is 415 g/mol. The highest BCUT2D eigenvalue weighted by molar-refractivity contribution is 5.63. The minimum atomic E-state index is -4.38. The van der Waals surface area contributed by atoms with E-state index in [0.717, 1.165) is 42.2 Å². The van der Waals surface area contributed by atoms with E-state index < -0.39 is 11.7 Å². The Morgan fingerprint density at radius 3 is 2.73 bits per heavy atom. The lowest BCUT2D eigenvalue weighted by Crippen LogP contribution is -2.51. The summed E-state index contributed by atoms with van der Waals surface area (Å²) in [6.45, 7) is 4.86. The largest absolute Gasteiger partial charge is 0.417 e. The van der Waals surface area contributed by atoms with Crippen LogP contribution in [0.4, 0.5) is 19.0 Å². The van der Waals surface area contributed by atoms with E-state index in [0.29, 0.717) is 24.6 Å². The number of piperazine rings is 1. The van der Waals surface area contributed by atoms with Crippen LogP contribution in [-0.2, 0) is 12.7 Å². The second kappa shape index (κ2) is 7.84. The Labute approximate surface area is 171 Å². The molecule has 4 heterocycles. The Bertz CT molecular complexity index is 1050. The zero-order valence-electron chi connectivity index (χ0n) is 16.2. The van der Waals surface area contributed by atoms with Crippen LogP contribution in [0.25, 0.3) is 11.3 Å². The Morgan fingerprint density at radius 2 is 2.10 bits per heavy atom. The van der Waals surface area contributed by atoms with Gasteiger partial charge in [-0.25, -0.2) is 4.98 Å². The number of nitrogens with one attached hydrogen (secondary N) is 2. The molecule has 0 aliphatic carbocycles. The van der Waals surface area contributed by atoms with Crippen LogP contribution in [0.2, 0.25) is 0 Å². The summed E-state index contributed by atoms with van der Waals surface area (Å²) in [5.74, 6) is 0.551. The Kier molecular flexibility index (Phi) is 5.22. The van der Waals surface area contributed by atoms with Crippen molar-refractivity contribution in [2.75, 3.05) is 24.5 Å². The van der Waals surface area contributed by atoms with Crippen LogP contribution >= 0.6 is 0 Å². The molecular formula is C20H20F3N7. The predicted octanol–water partition coefficient (Wildman–Crippen LogP) is 3.40. The van der Waals surface area contributed by atoms with Crippen molar-refractivity contribution in [3.63, 3.8) is 0 Å². The molecule has 1 saturated heterocycles. The molecule has 0 radical (unpaired) electrons. The number of aromatic nitrogens is 4. The third-order valence-corrected chi connectivity index (χ3v) is 5.29. The molecule has 2 N–H and O–H groups in total. The first-order valence-electron chi connectivity index (χ1n) is 9.48. The van der Waals surface area contributed by atoms with Gasteiger partial charge in [0.2, 0.25) is 0 Å². The summed E-state index contributed by atoms with van der Waals surface area (Å²) in [6.07, 6.45) is 0.0550. The Balaban J connectivity index is 1.42. The summed E-state index contributed by atoms with van der Waals surface area (Å²) in [6, 6.07) is 6.45. The summed E-state index contributed by atoms with van der Waals surface area (Å²) in [7, 11) is 0. The van der Waals surface area contributed by atoms with E-state index in [1.807, 2.05) is 11.8 Å². The molecule has 4 rings (SSSR count). The van der Waals surface area contributed by atoms with Gasteiger partial charge in [-0.2, -0.15) is 23.5 Å². The number of hydrogen-bond acceptors (Lipinski definition) is 5. The first kappa shape index (κ1) is 20.0. The van der Waals surface area contributed by atoms with Gasteiger partial charge < -0.3 is 9.88 Å². The summed E-state index contributed by atoms with van der Waals surface area (Å²) in [5.41, 5.74) is 2.50. The highest BCUT2D eigenvalue weighted by Crippen LogP contribution is 2.30. The molecule has 7 nitrogen and oxygen atoms in total. The minimum Gasteiger partial charge on any atom is -0.352 e. The first-order chi connectivity index (χ1) is 14.3. The van der Waals surface area contributed by atoms with Crippen molar-refractivity contribution in [2.24, 2.45) is 0 Å². The molecule has 156 valence electrons. The van der Waals surface area contributed by atoms with E-state index >= 15 is 0 Å². The van der Waals surface area contributed by atoms with Gasteiger partial charge in [0, 0.05) is 55.7 Å². The topological polar surface area (TPSA) is 87.6 Å². The van der Waals surface area contributed by atoms with Gasteiger partial charge in [-0.3, -0.25) is 10.00 Å². The van der Waals surface area contributed by atoms with Gasteiger partial charge in [0.15, 0.2) is 0 Å². The number of aromatic amines is 2. The molecule has 10 heteroatoms. The zero-order valence-corrected chi connectivity index (χ0v) is 16.2. The van der Waals surface area contributed by atoms with Crippen LogP contribution in [0.1, 0.15) is 23.7 Å². The zero-order chi connectivity index (χ0) is 21.3. The van der Waals surface area contributed by atoms with Gasteiger partial charge in [0.1, 0.15) is 17.6 Å².